The van der Waals surface area contributed by atoms with Crippen LogP contribution in [-0.4, -0.2) is 46.5 Å². The molecule has 0 bridgehead atoms. The summed E-state index contributed by atoms with van der Waals surface area (Å²) in [4.78, 5) is 23.7. The van der Waals surface area contributed by atoms with Gasteiger partial charge in [-0.1, -0.05) is 6.92 Å². The topological polar surface area (TPSA) is 83.5 Å². The monoisotopic (exact) mass is 391 g/mol. The van der Waals surface area contributed by atoms with Crippen molar-refractivity contribution in [2.45, 2.75) is 52.1 Å². The number of aryl methyl sites for hydroxylation is 1. The van der Waals surface area contributed by atoms with Gasteiger partial charge in [0, 0.05) is 31.9 Å². The van der Waals surface area contributed by atoms with E-state index in [1.165, 1.54) is 0 Å². The minimum absolute atomic E-state index is 0.215. The molecule has 5 rings (SSSR count). The van der Waals surface area contributed by atoms with Gasteiger partial charge in [0.25, 0.3) is 0 Å². The number of hydrogen-bond acceptors (Lipinski definition) is 7. The number of rotatable bonds is 2. The summed E-state index contributed by atoms with van der Waals surface area (Å²) in [6, 6.07) is 4.34. The fourth-order valence-electron chi connectivity index (χ4n) is 4.62. The number of amidine groups is 1. The van der Waals surface area contributed by atoms with Crippen LogP contribution < -0.4 is 15.5 Å². The molecular formula is C22H29N7. The molecule has 1 fully saturated rings. The van der Waals surface area contributed by atoms with Gasteiger partial charge in [-0.2, -0.15) is 0 Å². The second kappa shape index (κ2) is 7.06. The third-order valence-electron chi connectivity index (χ3n) is 6.96. The first-order valence-corrected chi connectivity index (χ1v) is 10.7. The third kappa shape index (κ3) is 3.17. The van der Waals surface area contributed by atoms with Gasteiger partial charge in [0.05, 0.1) is 29.8 Å². The van der Waals surface area contributed by atoms with Crippen molar-refractivity contribution in [1.29, 1.82) is 0 Å². The molecule has 1 atom stereocenters. The number of aliphatic imine (C=N–C) groups is 1. The molecular weight excluding hydrogens is 362 g/mol. The zero-order chi connectivity index (χ0) is 20.0. The Morgan fingerprint density at radius 2 is 1.97 bits per heavy atom. The molecule has 7 nitrogen and oxygen atoms in total. The van der Waals surface area contributed by atoms with E-state index in [4.69, 9.17) is 20.7 Å². The largest absolute Gasteiger partial charge is 0.355 e. The molecule has 0 aromatic carbocycles. The van der Waals surface area contributed by atoms with Gasteiger partial charge in [0.2, 0.25) is 0 Å². The molecule has 3 aliphatic rings. The minimum atomic E-state index is 0.215. The Morgan fingerprint density at radius 1 is 1.14 bits per heavy atom. The number of nitrogens with zero attached hydrogens (tertiary/aromatic N) is 6. The highest BCUT2D eigenvalue weighted by Gasteiger charge is 2.34. The number of piperidine rings is 1. The third-order valence-corrected chi connectivity index (χ3v) is 6.96. The molecule has 0 amide bonds. The van der Waals surface area contributed by atoms with Crippen LogP contribution in [0, 0.1) is 5.41 Å². The van der Waals surface area contributed by atoms with Gasteiger partial charge in [-0.3, -0.25) is 9.98 Å². The standard InChI is InChI=1S/C22H29N7/c1-15(23)22(2)7-11-28(12-8-22)19-14-25-20-17(27-19)13-26-21(20)29-10-4-5-16-18(29)6-3-9-24-16/h3,6,9,14-15H,4-5,7-8,10-13,23H2,1-2H3/t15-/m0/s1. The van der Waals surface area contributed by atoms with E-state index in [1.807, 2.05) is 18.5 Å². The fourth-order valence-corrected chi connectivity index (χ4v) is 4.62. The highest BCUT2D eigenvalue weighted by Crippen LogP contribution is 2.35. The van der Waals surface area contributed by atoms with Crippen LogP contribution in [-0.2, 0) is 13.0 Å². The number of pyridine rings is 1. The summed E-state index contributed by atoms with van der Waals surface area (Å²) in [6.45, 7) is 7.92. The highest BCUT2D eigenvalue weighted by molar-refractivity contribution is 6.11. The Kier molecular flexibility index (Phi) is 4.50. The zero-order valence-electron chi connectivity index (χ0n) is 17.3. The molecule has 0 unspecified atom stereocenters. The molecule has 0 saturated carbocycles. The van der Waals surface area contributed by atoms with Gasteiger partial charge in [0.15, 0.2) is 5.84 Å². The summed E-state index contributed by atoms with van der Waals surface area (Å²) < 4.78 is 0. The van der Waals surface area contributed by atoms with Crippen LogP contribution in [0.2, 0.25) is 0 Å². The van der Waals surface area contributed by atoms with Gasteiger partial charge >= 0.3 is 0 Å². The van der Waals surface area contributed by atoms with Crippen molar-refractivity contribution in [1.82, 2.24) is 15.0 Å². The number of anilines is 2. The molecule has 7 heteroatoms. The molecule has 2 aromatic rings. The molecule has 5 heterocycles. The molecule has 152 valence electrons. The maximum absolute atomic E-state index is 6.21. The normalized spacial score (nSPS) is 21.4. The van der Waals surface area contributed by atoms with Crippen molar-refractivity contribution in [2.75, 3.05) is 29.4 Å². The van der Waals surface area contributed by atoms with Crippen LogP contribution in [0.25, 0.3) is 0 Å². The number of nitrogens with two attached hydrogens (primary N) is 1. The lowest BCUT2D eigenvalue weighted by Gasteiger charge is -2.42. The van der Waals surface area contributed by atoms with Crippen molar-refractivity contribution in [3.8, 4) is 0 Å². The molecule has 1 saturated heterocycles. The minimum Gasteiger partial charge on any atom is -0.355 e. The molecule has 29 heavy (non-hydrogen) atoms. The summed E-state index contributed by atoms with van der Waals surface area (Å²) in [5, 5.41) is 0. The van der Waals surface area contributed by atoms with Crippen molar-refractivity contribution in [2.24, 2.45) is 16.1 Å². The Hall–Kier alpha value is -2.54. The van der Waals surface area contributed by atoms with Crippen LogP contribution in [0.4, 0.5) is 11.5 Å². The first-order valence-electron chi connectivity index (χ1n) is 10.7. The van der Waals surface area contributed by atoms with Crippen LogP contribution >= 0.6 is 0 Å². The first-order chi connectivity index (χ1) is 14.0. The van der Waals surface area contributed by atoms with E-state index in [2.05, 4.69) is 34.7 Å². The SMILES string of the molecule is C[C@H](N)C1(C)CCN(c2cnc3c(n2)CN=C3N2CCCc3ncccc32)CC1. The van der Waals surface area contributed by atoms with Gasteiger partial charge < -0.3 is 15.5 Å². The lowest BCUT2D eigenvalue weighted by Crippen LogP contribution is -2.47. The number of hydrogen-bond donors (Lipinski definition) is 1. The van der Waals surface area contributed by atoms with Crippen molar-refractivity contribution in [3.63, 3.8) is 0 Å². The lowest BCUT2D eigenvalue weighted by atomic mass is 9.75. The maximum Gasteiger partial charge on any atom is 0.156 e. The van der Waals surface area contributed by atoms with E-state index in [0.29, 0.717) is 6.54 Å². The van der Waals surface area contributed by atoms with Gasteiger partial charge in [-0.25, -0.2) is 9.97 Å². The summed E-state index contributed by atoms with van der Waals surface area (Å²) in [7, 11) is 0. The molecule has 3 aliphatic heterocycles. The summed E-state index contributed by atoms with van der Waals surface area (Å²) in [6.07, 6.45) is 8.06. The van der Waals surface area contributed by atoms with E-state index >= 15 is 0 Å². The van der Waals surface area contributed by atoms with E-state index in [0.717, 1.165) is 79.7 Å². The van der Waals surface area contributed by atoms with E-state index in [1.54, 1.807) is 0 Å². The van der Waals surface area contributed by atoms with Crippen LogP contribution in [0.1, 0.15) is 50.2 Å². The predicted molar refractivity (Wildman–Crippen MR) is 115 cm³/mol. The quantitative estimate of drug-likeness (QED) is 0.847. The molecule has 2 aromatic heterocycles. The van der Waals surface area contributed by atoms with Crippen LogP contribution in [0.5, 0.6) is 0 Å². The van der Waals surface area contributed by atoms with Crippen LogP contribution in [0.3, 0.4) is 0 Å². The van der Waals surface area contributed by atoms with Gasteiger partial charge in [-0.05, 0) is 50.2 Å². The summed E-state index contributed by atoms with van der Waals surface area (Å²) in [5.74, 6) is 1.91. The maximum atomic E-state index is 6.21. The van der Waals surface area contributed by atoms with Gasteiger partial charge in [-0.15, -0.1) is 0 Å². The van der Waals surface area contributed by atoms with E-state index < -0.39 is 0 Å². The highest BCUT2D eigenvalue weighted by atomic mass is 15.3. The van der Waals surface area contributed by atoms with Crippen molar-refractivity contribution >= 4 is 17.3 Å². The molecule has 0 spiro atoms. The second-order valence-corrected chi connectivity index (χ2v) is 8.82. The summed E-state index contributed by atoms with van der Waals surface area (Å²) >= 11 is 0. The average Bonchev–Trinajstić information content (AvgIpc) is 3.17. The smallest absolute Gasteiger partial charge is 0.156 e. The van der Waals surface area contributed by atoms with Crippen LogP contribution in [0.15, 0.2) is 29.5 Å². The molecule has 0 aliphatic carbocycles. The second-order valence-electron chi connectivity index (χ2n) is 8.82. The zero-order valence-corrected chi connectivity index (χ0v) is 17.3. The van der Waals surface area contributed by atoms with E-state index in [9.17, 15) is 0 Å². The lowest BCUT2D eigenvalue weighted by molar-refractivity contribution is 0.205. The number of fused-ring (bicyclic) bond motifs is 2. The van der Waals surface area contributed by atoms with E-state index in [-0.39, 0.29) is 11.5 Å². The number of aromatic nitrogens is 3. The Bertz CT molecular complexity index is 944. The Morgan fingerprint density at radius 3 is 2.76 bits per heavy atom. The van der Waals surface area contributed by atoms with Crippen molar-refractivity contribution in [3.05, 3.63) is 41.6 Å². The Labute approximate surface area is 172 Å². The van der Waals surface area contributed by atoms with Crippen molar-refractivity contribution < 1.29 is 0 Å². The molecule has 2 N–H and O–H groups in total. The summed E-state index contributed by atoms with van der Waals surface area (Å²) in [5.41, 5.74) is 10.6. The Balaban J connectivity index is 1.36. The molecule has 0 radical (unpaired) electrons. The first kappa shape index (κ1) is 18.5. The van der Waals surface area contributed by atoms with Gasteiger partial charge in [0.1, 0.15) is 11.5 Å². The fraction of sp³-hybridized carbons (Fsp3) is 0.545. The average molecular weight is 392 g/mol. The predicted octanol–water partition coefficient (Wildman–Crippen LogP) is 2.54.